The van der Waals surface area contributed by atoms with Crippen molar-refractivity contribution in [3.8, 4) is 5.69 Å². The Hall–Kier alpha value is -3.03. The first-order chi connectivity index (χ1) is 13.6. The summed E-state index contributed by atoms with van der Waals surface area (Å²) in [6.07, 6.45) is 3.68. The van der Waals surface area contributed by atoms with E-state index in [-0.39, 0.29) is 23.7 Å². The summed E-state index contributed by atoms with van der Waals surface area (Å²) in [4.78, 5) is 16.9. The van der Waals surface area contributed by atoms with Crippen LogP contribution in [0.25, 0.3) is 5.69 Å². The third-order valence-electron chi connectivity index (χ3n) is 5.03. The van der Waals surface area contributed by atoms with Crippen molar-refractivity contribution >= 4 is 5.91 Å². The maximum Gasteiger partial charge on any atom is 0.226 e. The molecule has 144 valence electrons. The van der Waals surface area contributed by atoms with E-state index < -0.39 is 0 Å². The molecular formula is C21H22FN5O. The number of halogens is 1. The molecule has 3 N–H and O–H groups in total. The summed E-state index contributed by atoms with van der Waals surface area (Å²) < 4.78 is 15.5. The maximum atomic E-state index is 13.5. The summed E-state index contributed by atoms with van der Waals surface area (Å²) in [5, 5.41) is 2.99. The molecule has 2 aromatic carbocycles. The summed E-state index contributed by atoms with van der Waals surface area (Å²) in [5.74, 6) is 0.236. The number of hydrogen-bond donors (Lipinski definition) is 3. The number of rotatable bonds is 5. The number of benzene rings is 2. The first-order valence-electron chi connectivity index (χ1n) is 9.22. The quantitative estimate of drug-likeness (QED) is 0.637. The molecule has 1 amide bonds. The lowest BCUT2D eigenvalue weighted by Gasteiger charge is -2.18. The van der Waals surface area contributed by atoms with Crippen LogP contribution in [0.15, 0.2) is 60.9 Å². The van der Waals surface area contributed by atoms with Gasteiger partial charge in [0.1, 0.15) is 11.6 Å². The number of hydrogen-bond acceptors (Lipinski definition) is 4. The summed E-state index contributed by atoms with van der Waals surface area (Å²) in [6.45, 7) is 2.88. The van der Waals surface area contributed by atoms with E-state index in [4.69, 9.17) is 0 Å². The zero-order valence-corrected chi connectivity index (χ0v) is 15.5. The second-order valence-corrected chi connectivity index (χ2v) is 6.89. The molecule has 1 aliphatic rings. The second-order valence-electron chi connectivity index (χ2n) is 6.89. The number of carbonyl (C=O) groups is 1. The van der Waals surface area contributed by atoms with Gasteiger partial charge in [-0.3, -0.25) is 10.2 Å². The molecule has 1 aliphatic heterocycles. The summed E-state index contributed by atoms with van der Waals surface area (Å²) in [6, 6.07) is 14.1. The predicted octanol–water partition coefficient (Wildman–Crippen LogP) is 2.40. The van der Waals surface area contributed by atoms with Crippen LogP contribution < -0.4 is 16.2 Å². The van der Waals surface area contributed by atoms with Gasteiger partial charge in [0.25, 0.3) is 0 Å². The Morgan fingerprint density at radius 3 is 2.82 bits per heavy atom. The minimum Gasteiger partial charge on any atom is -0.352 e. The highest BCUT2D eigenvalue weighted by Gasteiger charge is 2.33. The Morgan fingerprint density at radius 2 is 2.11 bits per heavy atom. The molecule has 2 heterocycles. The normalized spacial score (nSPS) is 18.9. The van der Waals surface area contributed by atoms with Crippen molar-refractivity contribution in [2.75, 3.05) is 6.54 Å². The van der Waals surface area contributed by atoms with Crippen LogP contribution in [0.2, 0.25) is 0 Å². The Labute approximate surface area is 162 Å². The van der Waals surface area contributed by atoms with Crippen molar-refractivity contribution in [2.45, 2.75) is 19.5 Å². The minimum absolute atomic E-state index is 0.0682. The van der Waals surface area contributed by atoms with Crippen LogP contribution in [0.1, 0.15) is 23.0 Å². The molecule has 1 saturated heterocycles. The van der Waals surface area contributed by atoms with E-state index in [2.05, 4.69) is 21.2 Å². The number of aromatic nitrogens is 2. The molecule has 3 aromatic rings. The molecular weight excluding hydrogens is 357 g/mol. The molecule has 1 fully saturated rings. The van der Waals surface area contributed by atoms with E-state index in [9.17, 15) is 9.18 Å². The van der Waals surface area contributed by atoms with Gasteiger partial charge in [-0.15, -0.1) is 0 Å². The Kier molecular flexibility index (Phi) is 5.18. The van der Waals surface area contributed by atoms with Crippen molar-refractivity contribution in [2.24, 2.45) is 5.92 Å². The minimum atomic E-state index is -0.310. The molecule has 0 aliphatic carbocycles. The van der Waals surface area contributed by atoms with Crippen LogP contribution >= 0.6 is 0 Å². The van der Waals surface area contributed by atoms with Crippen molar-refractivity contribution in [1.82, 2.24) is 25.7 Å². The predicted molar refractivity (Wildman–Crippen MR) is 104 cm³/mol. The lowest BCUT2D eigenvalue weighted by atomic mass is 9.94. The molecule has 2 unspecified atom stereocenters. The van der Waals surface area contributed by atoms with Crippen LogP contribution in [0.4, 0.5) is 4.39 Å². The van der Waals surface area contributed by atoms with Crippen LogP contribution in [-0.4, -0.2) is 22.0 Å². The number of nitrogens with zero attached hydrogens (tertiary/aromatic N) is 2. The van der Waals surface area contributed by atoms with E-state index in [0.717, 1.165) is 22.6 Å². The van der Waals surface area contributed by atoms with Gasteiger partial charge in [0.15, 0.2) is 0 Å². The van der Waals surface area contributed by atoms with Crippen LogP contribution in [-0.2, 0) is 11.3 Å². The molecule has 1 aromatic heterocycles. The summed E-state index contributed by atoms with van der Waals surface area (Å²) in [7, 11) is 0. The van der Waals surface area contributed by atoms with Gasteiger partial charge >= 0.3 is 0 Å². The smallest absolute Gasteiger partial charge is 0.226 e. The lowest BCUT2D eigenvalue weighted by Crippen LogP contribution is -2.34. The number of hydrazine groups is 1. The first-order valence-corrected chi connectivity index (χ1v) is 9.22. The number of carbonyl (C=O) groups excluding carboxylic acids is 1. The van der Waals surface area contributed by atoms with Crippen LogP contribution in [0.5, 0.6) is 0 Å². The van der Waals surface area contributed by atoms with Crippen LogP contribution in [0, 0.1) is 18.7 Å². The fraction of sp³-hybridized carbons (Fsp3) is 0.238. The average molecular weight is 379 g/mol. The monoisotopic (exact) mass is 379 g/mol. The molecule has 0 bridgehead atoms. The molecule has 4 rings (SSSR count). The zero-order chi connectivity index (χ0) is 19.5. The highest BCUT2D eigenvalue weighted by molar-refractivity contribution is 5.80. The fourth-order valence-corrected chi connectivity index (χ4v) is 3.50. The molecule has 28 heavy (non-hydrogen) atoms. The van der Waals surface area contributed by atoms with Gasteiger partial charge in [0.2, 0.25) is 5.91 Å². The second kappa shape index (κ2) is 7.92. The van der Waals surface area contributed by atoms with Crippen molar-refractivity contribution in [3.05, 3.63) is 83.7 Å². The Balaban J connectivity index is 1.39. The molecule has 0 saturated carbocycles. The van der Waals surface area contributed by atoms with Crippen LogP contribution in [0.3, 0.4) is 0 Å². The highest BCUT2D eigenvalue weighted by Crippen LogP contribution is 2.25. The Morgan fingerprint density at radius 1 is 1.29 bits per heavy atom. The summed E-state index contributed by atoms with van der Waals surface area (Å²) in [5.41, 5.74) is 8.87. The van der Waals surface area contributed by atoms with Gasteiger partial charge in [-0.1, -0.05) is 24.3 Å². The SMILES string of the molecule is Cc1nccn1-c1ccc(CNC(=O)C2CNNC2c2cccc(F)c2)cc1. The molecule has 0 spiro atoms. The van der Waals surface area contributed by atoms with E-state index in [1.54, 1.807) is 12.3 Å². The van der Waals surface area contributed by atoms with Gasteiger partial charge in [-0.2, -0.15) is 0 Å². The number of aryl methyl sites for hydroxylation is 1. The van der Waals surface area contributed by atoms with Gasteiger partial charge in [0.05, 0.1) is 12.0 Å². The topological polar surface area (TPSA) is 71.0 Å². The lowest BCUT2D eigenvalue weighted by molar-refractivity contribution is -0.125. The third-order valence-corrected chi connectivity index (χ3v) is 5.03. The largest absolute Gasteiger partial charge is 0.352 e. The van der Waals surface area contributed by atoms with Crippen molar-refractivity contribution in [3.63, 3.8) is 0 Å². The molecule has 2 atom stereocenters. The van der Waals surface area contributed by atoms with E-state index in [1.807, 2.05) is 48.0 Å². The van der Waals surface area contributed by atoms with Gasteiger partial charge in [0, 0.05) is 31.2 Å². The zero-order valence-electron chi connectivity index (χ0n) is 15.5. The number of imidazole rings is 1. The standard InChI is InChI=1S/C21H22FN5O/c1-14-23-9-10-27(14)18-7-5-15(6-8-18)12-24-21(28)19-13-25-26-20(19)16-3-2-4-17(22)11-16/h2-11,19-20,25-26H,12-13H2,1H3,(H,24,28). The Bertz CT molecular complexity index is 969. The highest BCUT2D eigenvalue weighted by atomic mass is 19.1. The van der Waals surface area contributed by atoms with E-state index in [0.29, 0.717) is 13.1 Å². The van der Waals surface area contributed by atoms with Gasteiger partial charge in [-0.05, 0) is 42.3 Å². The van der Waals surface area contributed by atoms with E-state index >= 15 is 0 Å². The van der Waals surface area contributed by atoms with Gasteiger partial charge < -0.3 is 9.88 Å². The van der Waals surface area contributed by atoms with Crippen molar-refractivity contribution < 1.29 is 9.18 Å². The first kappa shape index (κ1) is 18.3. The third kappa shape index (κ3) is 3.81. The average Bonchev–Trinajstić information content (AvgIpc) is 3.36. The van der Waals surface area contributed by atoms with Crippen molar-refractivity contribution in [1.29, 1.82) is 0 Å². The molecule has 6 nitrogen and oxygen atoms in total. The number of nitrogens with one attached hydrogen (secondary N) is 3. The fourth-order valence-electron chi connectivity index (χ4n) is 3.50. The molecule has 0 radical (unpaired) electrons. The molecule has 7 heteroatoms. The van der Waals surface area contributed by atoms with E-state index in [1.165, 1.54) is 12.1 Å². The number of amides is 1. The van der Waals surface area contributed by atoms with Gasteiger partial charge in [-0.25, -0.2) is 14.8 Å². The maximum absolute atomic E-state index is 13.5. The summed E-state index contributed by atoms with van der Waals surface area (Å²) >= 11 is 0.